The Hall–Kier alpha value is -0.560. The van der Waals surface area contributed by atoms with E-state index < -0.39 is 0 Å². The van der Waals surface area contributed by atoms with Crippen molar-refractivity contribution in [3.05, 3.63) is 34.1 Å². The summed E-state index contributed by atoms with van der Waals surface area (Å²) >= 11 is 5.57. The molecule has 0 atom stereocenters. The third-order valence-corrected chi connectivity index (χ3v) is 2.12. The lowest BCUT2D eigenvalue weighted by molar-refractivity contribution is 0.616. The van der Waals surface area contributed by atoms with E-state index in [1.54, 1.807) is 13.0 Å². The molecule has 0 saturated heterocycles. The van der Waals surface area contributed by atoms with Gasteiger partial charge in [0, 0.05) is 0 Å². The lowest BCUT2D eigenvalue weighted by atomic mass is 10.1. The fourth-order valence-electron chi connectivity index (χ4n) is 1.08. The van der Waals surface area contributed by atoms with Crippen molar-refractivity contribution < 1.29 is 4.39 Å². The molecule has 0 radical (unpaired) electrons. The molecule has 0 aromatic heterocycles. The highest BCUT2D eigenvalue weighted by atomic mass is 35.5. The minimum atomic E-state index is -0.286. The lowest BCUT2D eigenvalue weighted by Crippen LogP contribution is -1.91. The van der Waals surface area contributed by atoms with Gasteiger partial charge < -0.3 is 0 Å². The summed E-state index contributed by atoms with van der Waals surface area (Å²) in [5.41, 5.74) is 1.69. The number of rotatable bonds is 1. The molecule has 1 rings (SSSR count). The van der Waals surface area contributed by atoms with Crippen LogP contribution in [0.2, 0.25) is 5.02 Å². The highest BCUT2D eigenvalue weighted by Crippen LogP contribution is 2.20. The quantitative estimate of drug-likeness (QED) is 0.634. The van der Waals surface area contributed by atoms with Gasteiger partial charge in [0.2, 0.25) is 0 Å². The van der Waals surface area contributed by atoms with E-state index in [4.69, 9.17) is 11.6 Å². The van der Waals surface area contributed by atoms with Gasteiger partial charge in [0.05, 0.1) is 5.02 Å². The summed E-state index contributed by atoms with van der Waals surface area (Å²) in [6.45, 7) is 7.75. The van der Waals surface area contributed by atoms with Gasteiger partial charge in [0.15, 0.2) is 0 Å². The fraction of sp³-hybridized carbons (Fsp3) is 0.455. The van der Waals surface area contributed by atoms with Crippen LogP contribution < -0.4 is 0 Å². The Morgan fingerprint density at radius 1 is 1.31 bits per heavy atom. The minimum Gasteiger partial charge on any atom is -0.205 e. The van der Waals surface area contributed by atoms with Gasteiger partial charge in [-0.2, -0.15) is 0 Å². The largest absolute Gasteiger partial charge is 0.205 e. The normalized spacial score (nSPS) is 9.08. The molecule has 0 heterocycles. The fourth-order valence-corrected chi connectivity index (χ4v) is 1.28. The molecule has 0 aliphatic heterocycles. The van der Waals surface area contributed by atoms with Crippen molar-refractivity contribution in [1.29, 1.82) is 0 Å². The Bertz CT molecular complexity index is 269. The number of aryl methyl sites for hydroxylation is 1. The van der Waals surface area contributed by atoms with E-state index in [0.717, 1.165) is 12.0 Å². The summed E-state index contributed by atoms with van der Waals surface area (Å²) in [5.74, 6) is -0.286. The van der Waals surface area contributed by atoms with Crippen LogP contribution in [0.1, 0.15) is 31.9 Å². The average Bonchev–Trinajstić information content (AvgIpc) is 2.18. The predicted molar refractivity (Wildman–Crippen MR) is 56.9 cm³/mol. The van der Waals surface area contributed by atoms with Gasteiger partial charge in [0.25, 0.3) is 0 Å². The molecule has 0 saturated carbocycles. The first kappa shape index (κ1) is 12.4. The smallest absolute Gasteiger partial charge is 0.144 e. The molecule has 2 heteroatoms. The van der Waals surface area contributed by atoms with Crippen molar-refractivity contribution in [2.45, 2.75) is 34.1 Å². The molecule has 0 fully saturated rings. The number of halogens is 2. The van der Waals surface area contributed by atoms with E-state index >= 15 is 0 Å². The maximum atomic E-state index is 13.0. The van der Waals surface area contributed by atoms with Crippen LogP contribution in [0.15, 0.2) is 12.1 Å². The van der Waals surface area contributed by atoms with Gasteiger partial charge in [-0.15, -0.1) is 0 Å². The standard InChI is InChI=1S/C9H10ClF.C2H6/c1-3-7-4-5-8(10)9(11)6(7)2;1-2/h4-5H,3H2,1-2H3;1-2H3. The average molecular weight is 203 g/mol. The van der Waals surface area contributed by atoms with Gasteiger partial charge in [-0.05, 0) is 30.5 Å². The molecule has 74 valence electrons. The SMILES string of the molecule is CC.CCc1ccc(Cl)c(F)c1C. The summed E-state index contributed by atoms with van der Waals surface area (Å²) < 4.78 is 13.0. The molecule has 13 heavy (non-hydrogen) atoms. The third kappa shape index (κ3) is 3.00. The number of hydrogen-bond acceptors (Lipinski definition) is 0. The van der Waals surface area contributed by atoms with E-state index in [2.05, 4.69) is 0 Å². The van der Waals surface area contributed by atoms with Crippen LogP contribution in [0.3, 0.4) is 0 Å². The minimum absolute atomic E-state index is 0.208. The highest BCUT2D eigenvalue weighted by molar-refractivity contribution is 6.30. The first-order valence-electron chi connectivity index (χ1n) is 4.60. The second-order valence-electron chi connectivity index (χ2n) is 2.50. The molecule has 0 N–H and O–H groups in total. The van der Waals surface area contributed by atoms with E-state index in [-0.39, 0.29) is 10.8 Å². The summed E-state index contributed by atoms with van der Waals surface area (Å²) in [6.07, 6.45) is 0.847. The molecule has 0 aliphatic rings. The van der Waals surface area contributed by atoms with Crippen molar-refractivity contribution in [3.8, 4) is 0 Å². The second kappa shape index (κ2) is 5.98. The van der Waals surface area contributed by atoms with Gasteiger partial charge in [0.1, 0.15) is 5.82 Å². The molecule has 0 spiro atoms. The highest BCUT2D eigenvalue weighted by Gasteiger charge is 2.05. The first-order chi connectivity index (χ1) is 6.16. The molecule has 0 amide bonds. The molecule has 1 aromatic carbocycles. The Balaban J connectivity index is 0.000000671. The Morgan fingerprint density at radius 2 is 1.85 bits per heavy atom. The molecular weight excluding hydrogens is 187 g/mol. The first-order valence-corrected chi connectivity index (χ1v) is 4.98. The van der Waals surface area contributed by atoms with E-state index in [1.165, 1.54) is 0 Å². The predicted octanol–water partition coefficient (Wildman–Crippen LogP) is 4.38. The molecule has 0 bridgehead atoms. The molecular formula is C11H16ClF. The number of hydrogen-bond donors (Lipinski definition) is 0. The summed E-state index contributed by atoms with van der Waals surface area (Å²) in [6, 6.07) is 3.46. The van der Waals surface area contributed by atoms with E-state index in [0.29, 0.717) is 5.56 Å². The lowest BCUT2D eigenvalue weighted by Gasteiger charge is -2.04. The zero-order chi connectivity index (χ0) is 10.4. The van der Waals surface area contributed by atoms with Gasteiger partial charge in [-0.3, -0.25) is 0 Å². The molecule has 0 aliphatic carbocycles. The van der Waals surface area contributed by atoms with E-state index in [9.17, 15) is 4.39 Å². The van der Waals surface area contributed by atoms with Crippen LogP contribution in [-0.2, 0) is 6.42 Å². The monoisotopic (exact) mass is 202 g/mol. The van der Waals surface area contributed by atoms with Crippen molar-refractivity contribution >= 4 is 11.6 Å². The zero-order valence-corrected chi connectivity index (χ0v) is 9.37. The number of benzene rings is 1. The summed E-state index contributed by atoms with van der Waals surface area (Å²) in [7, 11) is 0. The summed E-state index contributed by atoms with van der Waals surface area (Å²) in [5, 5.41) is 0.208. The van der Waals surface area contributed by atoms with Crippen molar-refractivity contribution in [2.24, 2.45) is 0 Å². The Morgan fingerprint density at radius 3 is 2.31 bits per heavy atom. The van der Waals surface area contributed by atoms with Gasteiger partial charge in [-0.1, -0.05) is 38.4 Å². The van der Waals surface area contributed by atoms with E-state index in [1.807, 2.05) is 26.8 Å². The Kier molecular flexibility index (Phi) is 5.72. The molecule has 0 unspecified atom stereocenters. The Labute approximate surface area is 84.7 Å². The van der Waals surface area contributed by atoms with Crippen LogP contribution in [0.5, 0.6) is 0 Å². The van der Waals surface area contributed by atoms with Crippen LogP contribution in [0, 0.1) is 12.7 Å². The van der Waals surface area contributed by atoms with Crippen LogP contribution in [0.25, 0.3) is 0 Å². The molecule has 0 nitrogen and oxygen atoms in total. The maximum Gasteiger partial charge on any atom is 0.144 e. The summed E-state index contributed by atoms with van der Waals surface area (Å²) in [4.78, 5) is 0. The van der Waals surface area contributed by atoms with Crippen LogP contribution >= 0.6 is 11.6 Å². The van der Waals surface area contributed by atoms with Crippen molar-refractivity contribution in [1.82, 2.24) is 0 Å². The third-order valence-electron chi connectivity index (χ3n) is 1.83. The van der Waals surface area contributed by atoms with Crippen LogP contribution in [0.4, 0.5) is 4.39 Å². The molecule has 1 aromatic rings. The topological polar surface area (TPSA) is 0 Å². The van der Waals surface area contributed by atoms with Gasteiger partial charge >= 0.3 is 0 Å². The van der Waals surface area contributed by atoms with Crippen LogP contribution in [-0.4, -0.2) is 0 Å². The zero-order valence-electron chi connectivity index (χ0n) is 8.62. The maximum absolute atomic E-state index is 13.0. The van der Waals surface area contributed by atoms with Crippen molar-refractivity contribution in [2.75, 3.05) is 0 Å². The van der Waals surface area contributed by atoms with Gasteiger partial charge in [-0.25, -0.2) is 4.39 Å². The van der Waals surface area contributed by atoms with Crippen molar-refractivity contribution in [3.63, 3.8) is 0 Å². The second-order valence-corrected chi connectivity index (χ2v) is 2.91.